The summed E-state index contributed by atoms with van der Waals surface area (Å²) in [7, 11) is 0. The summed E-state index contributed by atoms with van der Waals surface area (Å²) < 4.78 is 5.76. The highest BCUT2D eigenvalue weighted by atomic mass is 35.5. The summed E-state index contributed by atoms with van der Waals surface area (Å²) in [5.41, 5.74) is 0.752. The minimum absolute atomic E-state index is 0.163. The molecule has 0 spiro atoms. The molecule has 2 aliphatic rings. The molecule has 0 radical (unpaired) electrons. The summed E-state index contributed by atoms with van der Waals surface area (Å²) >= 11 is 5.87. The van der Waals surface area contributed by atoms with Crippen LogP contribution in [-0.4, -0.2) is 39.6 Å². The molecule has 28 heavy (non-hydrogen) atoms. The van der Waals surface area contributed by atoms with Crippen LogP contribution in [0.15, 0.2) is 18.5 Å². The molecule has 2 aromatic heterocycles. The van der Waals surface area contributed by atoms with Crippen LogP contribution in [-0.2, 0) is 0 Å². The van der Waals surface area contributed by atoms with Gasteiger partial charge in [0, 0.05) is 24.8 Å². The monoisotopic (exact) mass is 398 g/mol. The van der Waals surface area contributed by atoms with Crippen LogP contribution in [0.4, 0.5) is 5.95 Å². The largest absolute Gasteiger partial charge is 0.478 e. The predicted molar refractivity (Wildman–Crippen MR) is 105 cm³/mol. The van der Waals surface area contributed by atoms with Gasteiger partial charge < -0.3 is 9.64 Å². The standard InChI is InChI=1S/C20H23ClN6O/c1-13-8-19(26-18(10-22)25-13)28-7-4-15-9-17(15)14-2-5-27(6-3-14)20-23-11-16(21)12-24-20/h8,11-12,14-15,17H,2-7,9H2,1H3. The van der Waals surface area contributed by atoms with Crippen LogP contribution in [0.5, 0.6) is 5.88 Å². The zero-order valence-corrected chi connectivity index (χ0v) is 16.6. The Hall–Kier alpha value is -2.46. The Kier molecular flexibility index (Phi) is 5.58. The lowest BCUT2D eigenvalue weighted by atomic mass is 9.90. The van der Waals surface area contributed by atoms with Gasteiger partial charge in [-0.05, 0) is 50.4 Å². The molecule has 7 nitrogen and oxygen atoms in total. The maximum absolute atomic E-state index is 8.94. The van der Waals surface area contributed by atoms with E-state index in [1.54, 1.807) is 18.5 Å². The van der Waals surface area contributed by atoms with Gasteiger partial charge in [-0.25, -0.2) is 15.0 Å². The molecule has 1 aliphatic carbocycles. The van der Waals surface area contributed by atoms with Gasteiger partial charge in [-0.2, -0.15) is 10.2 Å². The van der Waals surface area contributed by atoms with Crippen molar-refractivity contribution < 1.29 is 4.74 Å². The van der Waals surface area contributed by atoms with E-state index in [1.807, 2.05) is 13.0 Å². The Bertz CT molecular complexity index is 860. The molecule has 146 valence electrons. The van der Waals surface area contributed by atoms with Crippen LogP contribution < -0.4 is 9.64 Å². The summed E-state index contributed by atoms with van der Waals surface area (Å²) in [6, 6.07) is 3.74. The van der Waals surface area contributed by atoms with E-state index in [9.17, 15) is 0 Å². The first-order valence-electron chi connectivity index (χ1n) is 9.73. The van der Waals surface area contributed by atoms with Crippen LogP contribution >= 0.6 is 11.6 Å². The van der Waals surface area contributed by atoms with Gasteiger partial charge in [-0.1, -0.05) is 11.6 Å². The van der Waals surface area contributed by atoms with Crippen molar-refractivity contribution in [3.05, 3.63) is 35.0 Å². The van der Waals surface area contributed by atoms with Crippen LogP contribution in [0, 0.1) is 36.0 Å². The molecule has 2 fully saturated rings. The quantitative estimate of drug-likeness (QED) is 0.736. The molecule has 2 atom stereocenters. The second kappa shape index (κ2) is 8.27. The van der Waals surface area contributed by atoms with Crippen LogP contribution in [0.1, 0.15) is 37.2 Å². The molecule has 0 N–H and O–H groups in total. The number of nitrogens with zero attached hydrogens (tertiary/aromatic N) is 6. The predicted octanol–water partition coefficient (Wildman–Crippen LogP) is 3.42. The molecular weight excluding hydrogens is 376 g/mol. The maximum Gasteiger partial charge on any atom is 0.235 e. The fourth-order valence-electron chi connectivity index (χ4n) is 4.16. The van der Waals surface area contributed by atoms with Crippen LogP contribution in [0.3, 0.4) is 0 Å². The van der Waals surface area contributed by atoms with Gasteiger partial charge in [0.25, 0.3) is 0 Å². The van der Waals surface area contributed by atoms with Crippen molar-refractivity contribution in [2.45, 2.75) is 32.6 Å². The Labute approximate surface area is 169 Å². The topological polar surface area (TPSA) is 87.8 Å². The third-order valence-electron chi connectivity index (χ3n) is 5.68. The number of aromatic nitrogens is 4. The summed E-state index contributed by atoms with van der Waals surface area (Å²) in [6.07, 6.45) is 8.01. The number of rotatable bonds is 6. The van der Waals surface area contributed by atoms with Gasteiger partial charge >= 0.3 is 0 Å². The van der Waals surface area contributed by atoms with E-state index in [0.717, 1.165) is 48.9 Å². The summed E-state index contributed by atoms with van der Waals surface area (Å²) in [4.78, 5) is 19.0. The first-order valence-corrected chi connectivity index (χ1v) is 10.1. The van der Waals surface area contributed by atoms with E-state index in [-0.39, 0.29) is 5.82 Å². The molecule has 1 saturated heterocycles. The number of hydrogen-bond donors (Lipinski definition) is 0. The minimum atomic E-state index is 0.163. The third kappa shape index (κ3) is 4.50. The van der Waals surface area contributed by atoms with Crippen molar-refractivity contribution in [1.82, 2.24) is 19.9 Å². The highest BCUT2D eigenvalue weighted by molar-refractivity contribution is 6.30. The highest BCUT2D eigenvalue weighted by Crippen LogP contribution is 2.49. The normalized spacial score (nSPS) is 22.0. The molecule has 1 saturated carbocycles. The van der Waals surface area contributed by atoms with Crippen molar-refractivity contribution in [3.8, 4) is 11.9 Å². The van der Waals surface area contributed by atoms with Gasteiger partial charge in [0.15, 0.2) is 0 Å². The Morgan fingerprint density at radius 1 is 1.25 bits per heavy atom. The van der Waals surface area contributed by atoms with Gasteiger partial charge in [0.05, 0.1) is 24.0 Å². The van der Waals surface area contributed by atoms with E-state index in [2.05, 4.69) is 24.8 Å². The Balaban J connectivity index is 1.20. The molecule has 2 unspecified atom stereocenters. The first-order chi connectivity index (χ1) is 13.6. The molecule has 0 amide bonds. The van der Waals surface area contributed by atoms with E-state index in [0.29, 0.717) is 17.5 Å². The molecule has 1 aliphatic heterocycles. The smallest absolute Gasteiger partial charge is 0.235 e. The lowest BCUT2D eigenvalue weighted by Gasteiger charge is -2.32. The Morgan fingerprint density at radius 3 is 2.71 bits per heavy atom. The minimum Gasteiger partial charge on any atom is -0.478 e. The van der Waals surface area contributed by atoms with E-state index >= 15 is 0 Å². The maximum atomic E-state index is 8.94. The number of hydrogen-bond acceptors (Lipinski definition) is 7. The zero-order chi connectivity index (χ0) is 19.5. The van der Waals surface area contributed by atoms with Crippen LogP contribution in [0.25, 0.3) is 0 Å². The highest BCUT2D eigenvalue weighted by Gasteiger charge is 2.43. The van der Waals surface area contributed by atoms with Crippen LogP contribution in [0.2, 0.25) is 5.02 Å². The number of aryl methyl sites for hydroxylation is 1. The first kappa shape index (κ1) is 18.9. The molecule has 0 bridgehead atoms. The zero-order valence-electron chi connectivity index (χ0n) is 15.9. The summed E-state index contributed by atoms with van der Waals surface area (Å²) in [5.74, 6) is 3.76. The number of ether oxygens (including phenoxy) is 1. The van der Waals surface area contributed by atoms with Crippen molar-refractivity contribution in [3.63, 3.8) is 0 Å². The molecule has 3 heterocycles. The SMILES string of the molecule is Cc1cc(OCCC2CC2C2CCN(c3ncc(Cl)cn3)CC2)nc(C#N)n1. The van der Waals surface area contributed by atoms with Crippen molar-refractivity contribution in [2.75, 3.05) is 24.6 Å². The van der Waals surface area contributed by atoms with Gasteiger partial charge in [0.1, 0.15) is 6.07 Å². The molecule has 0 aromatic carbocycles. The number of piperidine rings is 1. The average Bonchev–Trinajstić information content (AvgIpc) is 3.48. The Morgan fingerprint density at radius 2 is 2.00 bits per heavy atom. The van der Waals surface area contributed by atoms with Crippen molar-refractivity contribution in [2.24, 2.45) is 17.8 Å². The molecular formula is C20H23ClN6O. The fraction of sp³-hybridized carbons (Fsp3) is 0.550. The lowest BCUT2D eigenvalue weighted by molar-refractivity contribution is 0.275. The third-order valence-corrected chi connectivity index (χ3v) is 5.88. The summed E-state index contributed by atoms with van der Waals surface area (Å²) in [5, 5.41) is 9.52. The molecule has 8 heteroatoms. The number of anilines is 1. The van der Waals surface area contributed by atoms with Gasteiger partial charge in [-0.3, -0.25) is 0 Å². The van der Waals surface area contributed by atoms with E-state index in [1.165, 1.54) is 19.3 Å². The molecule has 4 rings (SSSR count). The second-order valence-electron chi connectivity index (χ2n) is 7.61. The molecule has 2 aromatic rings. The fourth-order valence-corrected chi connectivity index (χ4v) is 4.25. The number of nitriles is 1. The van der Waals surface area contributed by atoms with Gasteiger partial charge in [0.2, 0.25) is 17.7 Å². The lowest BCUT2D eigenvalue weighted by Crippen LogP contribution is -2.35. The van der Waals surface area contributed by atoms with Crippen molar-refractivity contribution >= 4 is 17.5 Å². The summed E-state index contributed by atoms with van der Waals surface area (Å²) in [6.45, 7) is 4.49. The average molecular weight is 399 g/mol. The number of halogens is 1. The van der Waals surface area contributed by atoms with Gasteiger partial charge in [-0.15, -0.1) is 0 Å². The van der Waals surface area contributed by atoms with E-state index in [4.69, 9.17) is 21.6 Å². The second-order valence-corrected chi connectivity index (χ2v) is 8.04. The van der Waals surface area contributed by atoms with E-state index < -0.39 is 0 Å². The van der Waals surface area contributed by atoms with Crippen molar-refractivity contribution in [1.29, 1.82) is 5.26 Å².